The molecule has 6 heteroatoms. The Balaban J connectivity index is 2.44. The molecule has 84 valence electrons. The highest BCUT2D eigenvalue weighted by molar-refractivity contribution is 4.84. The molecule has 0 aliphatic carbocycles. The van der Waals surface area contributed by atoms with Crippen LogP contribution in [-0.2, 0) is 9.47 Å². The summed E-state index contributed by atoms with van der Waals surface area (Å²) < 4.78 is 45.7. The van der Waals surface area contributed by atoms with E-state index in [2.05, 4.69) is 0 Å². The number of alkyl halides is 3. The minimum atomic E-state index is -4.29. The summed E-state index contributed by atoms with van der Waals surface area (Å²) in [5.41, 5.74) is 4.58. The molecule has 0 unspecified atom stereocenters. The van der Waals surface area contributed by atoms with Crippen LogP contribution in [0.1, 0.15) is 12.8 Å². The molecule has 1 rings (SSSR count). The van der Waals surface area contributed by atoms with Crippen LogP contribution in [0.4, 0.5) is 13.2 Å². The maximum Gasteiger partial charge on any atom is 0.411 e. The van der Waals surface area contributed by atoms with Gasteiger partial charge in [0.2, 0.25) is 0 Å². The Morgan fingerprint density at radius 2 is 1.86 bits per heavy atom. The average molecular weight is 213 g/mol. The molecule has 0 radical (unpaired) electrons. The van der Waals surface area contributed by atoms with Crippen molar-refractivity contribution in [2.45, 2.75) is 24.6 Å². The first kappa shape index (κ1) is 11.7. The van der Waals surface area contributed by atoms with Crippen LogP contribution in [0.2, 0.25) is 0 Å². The molecule has 1 aliphatic heterocycles. The predicted octanol–water partition coefficient (Wildman–Crippen LogP) is 1.07. The lowest BCUT2D eigenvalue weighted by Gasteiger charge is -2.36. The summed E-state index contributed by atoms with van der Waals surface area (Å²) >= 11 is 0. The molecule has 0 saturated carbocycles. The van der Waals surface area contributed by atoms with Gasteiger partial charge in [-0.1, -0.05) is 0 Å². The lowest BCUT2D eigenvalue weighted by atomic mass is 9.94. The van der Waals surface area contributed by atoms with Gasteiger partial charge in [-0.25, -0.2) is 0 Å². The molecule has 14 heavy (non-hydrogen) atoms. The summed E-state index contributed by atoms with van der Waals surface area (Å²) in [5.74, 6) is 0. The third kappa shape index (κ3) is 3.43. The van der Waals surface area contributed by atoms with Crippen molar-refractivity contribution in [1.82, 2.24) is 0 Å². The molecule has 0 aromatic rings. The van der Waals surface area contributed by atoms with Crippen LogP contribution >= 0.6 is 0 Å². The fourth-order valence-electron chi connectivity index (χ4n) is 1.39. The zero-order valence-electron chi connectivity index (χ0n) is 7.77. The smallest absolute Gasteiger partial charge is 0.381 e. The van der Waals surface area contributed by atoms with Crippen LogP contribution in [0.25, 0.3) is 0 Å². The summed E-state index contributed by atoms with van der Waals surface area (Å²) in [6.45, 7) is -0.305. The average Bonchev–Trinajstić information content (AvgIpc) is 2.15. The Labute approximate surface area is 80.4 Å². The SMILES string of the molecule is NCC1(OCC(F)(F)F)CCOCC1. The molecule has 2 N–H and O–H groups in total. The van der Waals surface area contributed by atoms with Crippen molar-refractivity contribution in [3.8, 4) is 0 Å². The normalized spacial score (nSPS) is 22.3. The molecule has 0 atom stereocenters. The molecule has 3 nitrogen and oxygen atoms in total. The predicted molar refractivity (Wildman–Crippen MR) is 43.8 cm³/mol. The van der Waals surface area contributed by atoms with Gasteiger partial charge >= 0.3 is 6.18 Å². The third-order valence-electron chi connectivity index (χ3n) is 2.32. The van der Waals surface area contributed by atoms with Crippen molar-refractivity contribution in [2.75, 3.05) is 26.4 Å². The molecule has 1 heterocycles. The van der Waals surface area contributed by atoms with Gasteiger partial charge in [0.15, 0.2) is 0 Å². The molecule has 1 saturated heterocycles. The van der Waals surface area contributed by atoms with E-state index in [4.69, 9.17) is 15.2 Å². The number of ether oxygens (including phenoxy) is 2. The largest absolute Gasteiger partial charge is 0.411 e. The quantitative estimate of drug-likeness (QED) is 0.762. The Hall–Kier alpha value is -0.330. The van der Waals surface area contributed by atoms with Gasteiger partial charge in [-0.05, 0) is 0 Å². The summed E-state index contributed by atoms with van der Waals surface area (Å²) in [5, 5.41) is 0. The van der Waals surface area contributed by atoms with E-state index in [1.54, 1.807) is 0 Å². The van der Waals surface area contributed by atoms with Crippen molar-refractivity contribution in [2.24, 2.45) is 5.73 Å². The van der Waals surface area contributed by atoms with Crippen LogP contribution in [0.5, 0.6) is 0 Å². The summed E-state index contributed by atoms with van der Waals surface area (Å²) in [6.07, 6.45) is -3.43. The summed E-state index contributed by atoms with van der Waals surface area (Å²) in [6, 6.07) is 0. The van der Waals surface area contributed by atoms with E-state index in [9.17, 15) is 13.2 Å². The van der Waals surface area contributed by atoms with Crippen LogP contribution < -0.4 is 5.73 Å². The number of rotatable bonds is 3. The van der Waals surface area contributed by atoms with E-state index in [-0.39, 0.29) is 6.54 Å². The highest BCUT2D eigenvalue weighted by Gasteiger charge is 2.37. The van der Waals surface area contributed by atoms with Crippen molar-refractivity contribution in [3.63, 3.8) is 0 Å². The molecule has 0 amide bonds. The van der Waals surface area contributed by atoms with Gasteiger partial charge in [0.25, 0.3) is 0 Å². The van der Waals surface area contributed by atoms with E-state index in [0.29, 0.717) is 26.1 Å². The molecule has 0 aromatic carbocycles. The minimum absolute atomic E-state index is 0.104. The molecule has 1 fully saturated rings. The van der Waals surface area contributed by atoms with E-state index in [1.807, 2.05) is 0 Å². The maximum absolute atomic E-state index is 11.9. The lowest BCUT2D eigenvalue weighted by Crippen LogP contribution is -2.47. The van der Waals surface area contributed by atoms with Crippen LogP contribution in [0.3, 0.4) is 0 Å². The first-order valence-electron chi connectivity index (χ1n) is 4.46. The lowest BCUT2D eigenvalue weighted by molar-refractivity contribution is -0.215. The Kier molecular flexibility index (Phi) is 3.74. The summed E-state index contributed by atoms with van der Waals surface area (Å²) in [4.78, 5) is 0. The van der Waals surface area contributed by atoms with E-state index < -0.39 is 18.4 Å². The first-order chi connectivity index (χ1) is 6.47. The highest BCUT2D eigenvalue weighted by atomic mass is 19.4. The monoisotopic (exact) mass is 213 g/mol. The second-order valence-corrected chi connectivity index (χ2v) is 3.40. The molecule has 0 bridgehead atoms. The number of hydrogen-bond acceptors (Lipinski definition) is 3. The van der Waals surface area contributed by atoms with Gasteiger partial charge in [0.1, 0.15) is 6.61 Å². The van der Waals surface area contributed by atoms with Crippen LogP contribution in [-0.4, -0.2) is 38.1 Å². The van der Waals surface area contributed by atoms with Gasteiger partial charge in [-0.15, -0.1) is 0 Å². The van der Waals surface area contributed by atoms with Crippen LogP contribution in [0, 0.1) is 0 Å². The zero-order chi connectivity index (χ0) is 10.7. The fraction of sp³-hybridized carbons (Fsp3) is 1.00. The van der Waals surface area contributed by atoms with Gasteiger partial charge < -0.3 is 15.2 Å². The van der Waals surface area contributed by atoms with Crippen molar-refractivity contribution < 1.29 is 22.6 Å². The molecular formula is C8H14F3NO2. The molecular weight excluding hydrogens is 199 g/mol. The topological polar surface area (TPSA) is 44.5 Å². The van der Waals surface area contributed by atoms with Gasteiger partial charge in [-0.3, -0.25) is 0 Å². The maximum atomic E-state index is 11.9. The second kappa shape index (κ2) is 4.46. The van der Waals surface area contributed by atoms with E-state index in [1.165, 1.54) is 0 Å². The van der Waals surface area contributed by atoms with Gasteiger partial charge in [0.05, 0.1) is 5.60 Å². The first-order valence-corrected chi connectivity index (χ1v) is 4.46. The minimum Gasteiger partial charge on any atom is -0.381 e. The standard InChI is InChI=1S/C8H14F3NO2/c9-8(10,11)6-14-7(5-12)1-3-13-4-2-7/h1-6,12H2. The van der Waals surface area contributed by atoms with Gasteiger partial charge in [-0.2, -0.15) is 13.2 Å². The second-order valence-electron chi connectivity index (χ2n) is 3.40. The Morgan fingerprint density at radius 3 is 2.29 bits per heavy atom. The van der Waals surface area contributed by atoms with Crippen LogP contribution in [0.15, 0.2) is 0 Å². The third-order valence-corrected chi connectivity index (χ3v) is 2.32. The summed E-state index contributed by atoms with van der Waals surface area (Å²) in [7, 11) is 0. The highest BCUT2D eigenvalue weighted by Crippen LogP contribution is 2.27. The molecule has 1 aliphatic rings. The van der Waals surface area contributed by atoms with E-state index in [0.717, 1.165) is 0 Å². The van der Waals surface area contributed by atoms with Crippen molar-refractivity contribution in [1.29, 1.82) is 0 Å². The zero-order valence-corrected chi connectivity index (χ0v) is 7.77. The van der Waals surface area contributed by atoms with E-state index >= 15 is 0 Å². The fourth-order valence-corrected chi connectivity index (χ4v) is 1.39. The van der Waals surface area contributed by atoms with Crippen molar-refractivity contribution >= 4 is 0 Å². The van der Waals surface area contributed by atoms with Gasteiger partial charge in [0, 0.05) is 32.6 Å². The van der Waals surface area contributed by atoms with Crippen molar-refractivity contribution in [3.05, 3.63) is 0 Å². The number of hydrogen-bond donors (Lipinski definition) is 1. The molecule has 0 aromatic heterocycles. The molecule has 0 spiro atoms. The number of halogens is 3. The Bertz CT molecular complexity index is 178. The Morgan fingerprint density at radius 1 is 1.29 bits per heavy atom. The number of nitrogens with two attached hydrogens (primary N) is 1.